The first-order valence-electron chi connectivity index (χ1n) is 5.23. The molecule has 94 valence electrons. The second-order valence-electron chi connectivity index (χ2n) is 3.82. The van der Waals surface area contributed by atoms with Gasteiger partial charge in [-0.2, -0.15) is 0 Å². The molecule has 1 fully saturated rings. The van der Waals surface area contributed by atoms with Crippen molar-refractivity contribution < 1.29 is 17.9 Å². The molecule has 0 aromatic carbocycles. The monoisotopic (exact) mass is 250 g/mol. The lowest BCUT2D eigenvalue weighted by Crippen LogP contribution is -2.40. The number of hydrogen-bond donors (Lipinski definition) is 2. The van der Waals surface area contributed by atoms with Gasteiger partial charge in [0, 0.05) is 19.7 Å². The number of nitrogens with one attached hydrogen (secondary N) is 2. The van der Waals surface area contributed by atoms with Crippen LogP contribution >= 0.6 is 0 Å². The van der Waals surface area contributed by atoms with Gasteiger partial charge in [-0.3, -0.25) is 4.79 Å². The summed E-state index contributed by atoms with van der Waals surface area (Å²) in [7, 11) is -1.32. The fourth-order valence-electron chi connectivity index (χ4n) is 1.55. The van der Waals surface area contributed by atoms with E-state index in [1.54, 1.807) is 7.11 Å². The van der Waals surface area contributed by atoms with Crippen molar-refractivity contribution in [2.24, 2.45) is 0 Å². The predicted octanol–water partition coefficient (Wildman–Crippen LogP) is -1.47. The van der Waals surface area contributed by atoms with Crippen LogP contribution in [0.3, 0.4) is 0 Å². The lowest BCUT2D eigenvalue weighted by Gasteiger charge is -2.10. The van der Waals surface area contributed by atoms with Crippen LogP contribution in [0.2, 0.25) is 0 Å². The Bertz CT molecular complexity index is 328. The third-order valence-electron chi connectivity index (χ3n) is 2.41. The fraction of sp³-hybridized carbons (Fsp3) is 0.889. The molecule has 1 amide bonds. The van der Waals surface area contributed by atoms with E-state index >= 15 is 0 Å². The molecule has 1 aliphatic rings. The lowest BCUT2D eigenvalue weighted by molar-refractivity contribution is -0.120. The Balaban J connectivity index is 2.13. The highest BCUT2D eigenvalue weighted by molar-refractivity contribution is 7.91. The van der Waals surface area contributed by atoms with Crippen molar-refractivity contribution in [2.45, 2.75) is 12.5 Å². The quantitative estimate of drug-likeness (QED) is 0.562. The van der Waals surface area contributed by atoms with Gasteiger partial charge in [0.05, 0.1) is 24.7 Å². The van der Waals surface area contributed by atoms with Crippen molar-refractivity contribution in [3.63, 3.8) is 0 Å². The molecule has 0 radical (unpaired) electrons. The number of hydrogen-bond acceptors (Lipinski definition) is 5. The molecular weight excluding hydrogens is 232 g/mol. The van der Waals surface area contributed by atoms with Crippen LogP contribution in [-0.2, 0) is 19.4 Å². The van der Waals surface area contributed by atoms with E-state index in [0.29, 0.717) is 19.6 Å². The molecule has 16 heavy (non-hydrogen) atoms. The first-order chi connectivity index (χ1) is 7.53. The number of carbonyl (C=O) groups excluding carboxylic acids is 1. The molecule has 1 saturated heterocycles. The van der Waals surface area contributed by atoms with Gasteiger partial charge in [0.15, 0.2) is 9.84 Å². The largest absolute Gasteiger partial charge is 0.383 e. The Hall–Kier alpha value is -0.660. The summed E-state index contributed by atoms with van der Waals surface area (Å²) >= 11 is 0. The van der Waals surface area contributed by atoms with Crippen LogP contribution in [0.5, 0.6) is 0 Å². The van der Waals surface area contributed by atoms with E-state index in [1.165, 1.54) is 0 Å². The minimum absolute atomic E-state index is 0.0850. The lowest BCUT2D eigenvalue weighted by atomic mass is 10.2. The van der Waals surface area contributed by atoms with Gasteiger partial charge in [0.2, 0.25) is 5.91 Å². The highest BCUT2D eigenvalue weighted by Gasteiger charge is 2.27. The topological polar surface area (TPSA) is 84.5 Å². The third-order valence-corrected chi connectivity index (χ3v) is 4.18. The Morgan fingerprint density at radius 2 is 2.25 bits per heavy atom. The molecule has 1 aliphatic heterocycles. The van der Waals surface area contributed by atoms with E-state index in [-0.39, 0.29) is 30.0 Å². The number of rotatable bonds is 6. The van der Waals surface area contributed by atoms with Gasteiger partial charge < -0.3 is 15.4 Å². The molecule has 0 spiro atoms. The third kappa shape index (κ3) is 4.91. The van der Waals surface area contributed by atoms with Crippen molar-refractivity contribution in [2.75, 3.05) is 38.3 Å². The minimum atomic E-state index is -2.88. The molecule has 1 atom stereocenters. The zero-order valence-electron chi connectivity index (χ0n) is 9.36. The van der Waals surface area contributed by atoms with Crippen LogP contribution in [0.15, 0.2) is 0 Å². The first kappa shape index (κ1) is 13.4. The van der Waals surface area contributed by atoms with E-state index in [1.807, 2.05) is 0 Å². The summed E-state index contributed by atoms with van der Waals surface area (Å²) in [6, 6.07) is -0.0850. The van der Waals surface area contributed by atoms with Gasteiger partial charge in [-0.25, -0.2) is 8.42 Å². The summed E-state index contributed by atoms with van der Waals surface area (Å²) in [5.74, 6) is 0.218. The number of ether oxygens (including phenoxy) is 1. The van der Waals surface area contributed by atoms with E-state index in [9.17, 15) is 13.2 Å². The van der Waals surface area contributed by atoms with Gasteiger partial charge in [0.25, 0.3) is 0 Å². The first-order valence-corrected chi connectivity index (χ1v) is 7.05. The molecule has 0 saturated carbocycles. The van der Waals surface area contributed by atoms with Gasteiger partial charge in [0.1, 0.15) is 0 Å². The van der Waals surface area contributed by atoms with Crippen molar-refractivity contribution in [1.82, 2.24) is 10.6 Å². The maximum absolute atomic E-state index is 11.3. The fourth-order valence-corrected chi connectivity index (χ4v) is 3.26. The van der Waals surface area contributed by atoms with E-state index < -0.39 is 9.84 Å². The van der Waals surface area contributed by atoms with Gasteiger partial charge in [-0.1, -0.05) is 0 Å². The van der Waals surface area contributed by atoms with Crippen molar-refractivity contribution in [1.29, 1.82) is 0 Å². The van der Waals surface area contributed by atoms with Crippen molar-refractivity contribution >= 4 is 15.7 Å². The van der Waals surface area contributed by atoms with Gasteiger partial charge in [-0.05, 0) is 6.42 Å². The highest BCUT2D eigenvalue weighted by Crippen LogP contribution is 2.10. The highest BCUT2D eigenvalue weighted by atomic mass is 32.2. The molecule has 2 N–H and O–H groups in total. The number of methoxy groups -OCH3 is 1. The average molecular weight is 250 g/mol. The summed E-state index contributed by atoms with van der Waals surface area (Å²) in [5, 5.41) is 5.58. The Kier molecular flexibility index (Phi) is 5.17. The molecule has 0 bridgehead atoms. The summed E-state index contributed by atoms with van der Waals surface area (Å²) in [6.07, 6.45) is 0.591. The minimum Gasteiger partial charge on any atom is -0.383 e. The number of amides is 1. The van der Waals surface area contributed by atoms with Crippen molar-refractivity contribution in [3.05, 3.63) is 0 Å². The van der Waals surface area contributed by atoms with Crippen LogP contribution in [0, 0.1) is 0 Å². The maximum Gasteiger partial charge on any atom is 0.234 e. The summed E-state index contributed by atoms with van der Waals surface area (Å²) in [6.45, 7) is 1.10. The van der Waals surface area contributed by atoms with Crippen LogP contribution < -0.4 is 10.6 Å². The molecule has 1 rings (SSSR count). The van der Waals surface area contributed by atoms with Gasteiger partial charge >= 0.3 is 0 Å². The van der Waals surface area contributed by atoms with Gasteiger partial charge in [-0.15, -0.1) is 0 Å². The Labute approximate surface area is 95.7 Å². The zero-order chi connectivity index (χ0) is 12.0. The predicted molar refractivity (Wildman–Crippen MR) is 59.9 cm³/mol. The molecule has 7 heteroatoms. The molecule has 0 aromatic rings. The summed E-state index contributed by atoms with van der Waals surface area (Å²) < 4.78 is 27.1. The molecular formula is C9H18N2O4S. The molecule has 0 aliphatic carbocycles. The maximum atomic E-state index is 11.3. The van der Waals surface area contributed by atoms with E-state index in [0.717, 1.165) is 0 Å². The van der Waals surface area contributed by atoms with Crippen LogP contribution in [-0.4, -0.2) is 58.7 Å². The van der Waals surface area contributed by atoms with Crippen molar-refractivity contribution in [3.8, 4) is 0 Å². The van der Waals surface area contributed by atoms with E-state index in [4.69, 9.17) is 4.74 Å². The van der Waals surface area contributed by atoms with Crippen LogP contribution in [0.1, 0.15) is 6.42 Å². The molecule has 1 unspecified atom stereocenters. The van der Waals surface area contributed by atoms with Crippen LogP contribution in [0.25, 0.3) is 0 Å². The van der Waals surface area contributed by atoms with E-state index in [2.05, 4.69) is 10.6 Å². The normalized spacial score (nSPS) is 23.2. The molecule has 0 aromatic heterocycles. The Morgan fingerprint density at radius 1 is 1.50 bits per heavy atom. The molecule has 6 nitrogen and oxygen atoms in total. The average Bonchev–Trinajstić information content (AvgIpc) is 2.56. The second kappa shape index (κ2) is 6.17. The number of sulfone groups is 1. The number of carbonyl (C=O) groups is 1. The summed E-state index contributed by atoms with van der Waals surface area (Å²) in [5.41, 5.74) is 0. The molecule has 1 heterocycles. The van der Waals surface area contributed by atoms with Crippen LogP contribution in [0.4, 0.5) is 0 Å². The standard InChI is InChI=1S/C9H18N2O4S/c1-15-4-3-10-9(12)6-11-8-2-5-16(13,14)7-8/h8,11H,2-7H2,1H3,(H,10,12). The summed E-state index contributed by atoms with van der Waals surface area (Å²) in [4.78, 5) is 11.3. The smallest absolute Gasteiger partial charge is 0.234 e. The Morgan fingerprint density at radius 3 is 2.81 bits per heavy atom. The zero-order valence-corrected chi connectivity index (χ0v) is 10.2. The SMILES string of the molecule is COCCNC(=O)CNC1CCS(=O)(=O)C1. The second-order valence-corrected chi connectivity index (χ2v) is 6.05.